The van der Waals surface area contributed by atoms with Gasteiger partial charge < -0.3 is 20.5 Å². The molecule has 0 bridgehead atoms. The molecule has 1 aromatic carbocycles. The molecule has 0 aromatic heterocycles. The number of hydrogen-bond donors (Lipinski definition) is 4. The molecule has 0 saturated carbocycles. The molecule has 2 atom stereocenters. The predicted octanol–water partition coefficient (Wildman–Crippen LogP) is -1.32. The average Bonchev–Trinajstić information content (AvgIpc) is 2.83. The Kier molecular flexibility index (Phi) is 6.81. The van der Waals surface area contributed by atoms with Crippen LogP contribution in [0.2, 0.25) is 0 Å². The van der Waals surface area contributed by atoms with Gasteiger partial charge in [-0.2, -0.15) is 0 Å². The normalized spacial score (nSPS) is 21.7. The van der Waals surface area contributed by atoms with Crippen LogP contribution in [0.4, 0.5) is 5.69 Å². The van der Waals surface area contributed by atoms with Crippen molar-refractivity contribution in [1.82, 2.24) is 10.0 Å². The summed E-state index contributed by atoms with van der Waals surface area (Å²) >= 11 is 0. The monoisotopic (exact) mass is 421 g/mol. The van der Waals surface area contributed by atoms with Gasteiger partial charge in [-0.3, -0.25) is 4.79 Å². The van der Waals surface area contributed by atoms with Gasteiger partial charge in [0.1, 0.15) is 10.6 Å². The van der Waals surface area contributed by atoms with E-state index >= 15 is 0 Å². The summed E-state index contributed by atoms with van der Waals surface area (Å²) in [6.45, 7) is 1.41. The number of carbonyl (C=O) groups is 1. The van der Waals surface area contributed by atoms with Crippen molar-refractivity contribution in [2.45, 2.75) is 24.0 Å². The number of anilines is 1. The number of methoxy groups -OCH3 is 1. The van der Waals surface area contributed by atoms with E-state index in [9.17, 15) is 26.7 Å². The van der Waals surface area contributed by atoms with E-state index in [-0.39, 0.29) is 41.1 Å². The molecule has 1 saturated heterocycles. The molecule has 152 valence electrons. The molecule has 0 spiro atoms. The van der Waals surface area contributed by atoms with Crippen molar-refractivity contribution >= 4 is 31.5 Å². The van der Waals surface area contributed by atoms with Crippen LogP contribution >= 0.6 is 0 Å². The molecule has 0 radical (unpaired) electrons. The summed E-state index contributed by atoms with van der Waals surface area (Å²) in [5.74, 6) is -0.718. The zero-order chi connectivity index (χ0) is 20.2. The maximum atomic E-state index is 12.5. The summed E-state index contributed by atoms with van der Waals surface area (Å²) in [5, 5.41) is 15.0. The Morgan fingerprint density at radius 2 is 2.00 bits per heavy atom. The summed E-state index contributed by atoms with van der Waals surface area (Å²) in [7, 11) is -5.89. The summed E-state index contributed by atoms with van der Waals surface area (Å²) in [6.07, 6.45) is -1.01. The minimum Gasteiger partial charge on any atom is -0.495 e. The summed E-state index contributed by atoms with van der Waals surface area (Å²) in [4.78, 5) is 11.0. The molecule has 2 rings (SSSR count). The number of benzene rings is 1. The van der Waals surface area contributed by atoms with E-state index in [2.05, 4.69) is 15.4 Å². The Labute approximate surface area is 158 Å². The minimum absolute atomic E-state index is 0.0287. The van der Waals surface area contributed by atoms with E-state index in [1.54, 1.807) is 0 Å². The van der Waals surface area contributed by atoms with Gasteiger partial charge >= 0.3 is 0 Å². The fourth-order valence-electron chi connectivity index (χ4n) is 2.71. The van der Waals surface area contributed by atoms with Crippen molar-refractivity contribution in [3.63, 3.8) is 0 Å². The number of rotatable bonds is 8. The first-order valence-electron chi connectivity index (χ1n) is 8.11. The Balaban J connectivity index is 2.00. The number of amides is 1. The fourth-order valence-corrected chi connectivity index (χ4v) is 5.71. The van der Waals surface area contributed by atoms with Crippen LogP contribution in [-0.4, -0.2) is 71.7 Å². The maximum absolute atomic E-state index is 12.5. The number of nitrogens with one attached hydrogen (secondary N) is 3. The highest BCUT2D eigenvalue weighted by molar-refractivity contribution is 7.91. The highest BCUT2D eigenvalue weighted by Crippen LogP contribution is 2.27. The lowest BCUT2D eigenvalue weighted by Gasteiger charge is -2.16. The van der Waals surface area contributed by atoms with Crippen LogP contribution in [0.1, 0.15) is 6.92 Å². The number of aliphatic hydroxyl groups excluding tert-OH is 1. The van der Waals surface area contributed by atoms with E-state index in [4.69, 9.17) is 4.74 Å². The van der Waals surface area contributed by atoms with Crippen molar-refractivity contribution in [2.75, 3.05) is 37.0 Å². The molecule has 1 heterocycles. The van der Waals surface area contributed by atoms with E-state index in [1.165, 1.54) is 32.2 Å². The maximum Gasteiger partial charge on any atom is 0.244 e. The SMILES string of the molecule is COc1ccc(NC(C)=O)cc1S(=O)(=O)NCCN[C@H]1CS(=O)(=O)C[C@@H]1O. The molecule has 12 heteroatoms. The highest BCUT2D eigenvalue weighted by Gasteiger charge is 2.35. The lowest BCUT2D eigenvalue weighted by Crippen LogP contribution is -2.42. The Hall–Kier alpha value is -1.73. The number of ether oxygens (including phenoxy) is 1. The van der Waals surface area contributed by atoms with Crippen molar-refractivity contribution in [3.8, 4) is 5.75 Å². The van der Waals surface area contributed by atoms with Gasteiger partial charge in [-0.15, -0.1) is 0 Å². The number of carbonyl (C=O) groups excluding carboxylic acids is 1. The predicted molar refractivity (Wildman–Crippen MR) is 98.9 cm³/mol. The van der Waals surface area contributed by atoms with Crippen LogP contribution in [0.5, 0.6) is 5.75 Å². The van der Waals surface area contributed by atoms with Crippen LogP contribution in [0.3, 0.4) is 0 Å². The lowest BCUT2D eigenvalue weighted by molar-refractivity contribution is -0.114. The first-order chi connectivity index (χ1) is 12.5. The van der Waals surface area contributed by atoms with E-state index in [0.717, 1.165) is 0 Å². The Morgan fingerprint density at radius 3 is 2.56 bits per heavy atom. The van der Waals surface area contributed by atoms with Gasteiger partial charge in [-0.1, -0.05) is 0 Å². The van der Waals surface area contributed by atoms with E-state index in [0.29, 0.717) is 5.69 Å². The van der Waals surface area contributed by atoms with Crippen LogP contribution in [0.25, 0.3) is 0 Å². The molecular formula is C15H23N3O7S2. The van der Waals surface area contributed by atoms with Crippen LogP contribution in [0, 0.1) is 0 Å². The molecule has 0 aliphatic carbocycles. The molecule has 1 fully saturated rings. The number of sulfonamides is 1. The summed E-state index contributed by atoms with van der Waals surface area (Å²) < 4.78 is 55.4. The fraction of sp³-hybridized carbons (Fsp3) is 0.533. The van der Waals surface area contributed by atoms with Gasteiger partial charge in [-0.05, 0) is 18.2 Å². The first-order valence-corrected chi connectivity index (χ1v) is 11.4. The minimum atomic E-state index is -3.94. The van der Waals surface area contributed by atoms with Crippen LogP contribution in [-0.2, 0) is 24.7 Å². The van der Waals surface area contributed by atoms with Gasteiger partial charge in [0.2, 0.25) is 15.9 Å². The van der Waals surface area contributed by atoms with Crippen molar-refractivity contribution < 1.29 is 31.5 Å². The molecule has 0 unspecified atom stereocenters. The second-order valence-corrected chi connectivity index (χ2v) is 10.0. The first kappa shape index (κ1) is 21.6. The van der Waals surface area contributed by atoms with Crippen LogP contribution < -0.4 is 20.1 Å². The Bertz CT molecular complexity index is 900. The van der Waals surface area contributed by atoms with Crippen molar-refractivity contribution in [1.29, 1.82) is 0 Å². The molecule has 10 nitrogen and oxygen atoms in total. The largest absolute Gasteiger partial charge is 0.495 e. The van der Waals surface area contributed by atoms with Gasteiger partial charge in [0, 0.05) is 31.7 Å². The molecule has 1 aromatic rings. The Morgan fingerprint density at radius 1 is 1.30 bits per heavy atom. The van der Waals surface area contributed by atoms with Crippen LogP contribution in [0.15, 0.2) is 23.1 Å². The molecule has 1 amide bonds. The topological polar surface area (TPSA) is 151 Å². The van der Waals surface area contributed by atoms with Gasteiger partial charge in [0.15, 0.2) is 9.84 Å². The summed E-state index contributed by atoms with van der Waals surface area (Å²) in [5.41, 5.74) is 0.307. The third-order valence-corrected chi connectivity index (χ3v) is 7.12. The highest BCUT2D eigenvalue weighted by atomic mass is 32.2. The third-order valence-electron chi connectivity index (χ3n) is 3.92. The zero-order valence-electron chi connectivity index (χ0n) is 14.9. The third kappa shape index (κ3) is 5.87. The standard InChI is InChI=1S/C15H23N3O7S2/c1-10(19)18-11-3-4-14(25-2)15(7-11)27(23,24)17-6-5-16-12-8-26(21,22)9-13(12)20/h3-4,7,12-13,16-17,20H,5-6,8-9H2,1-2H3,(H,18,19)/t12-,13-/m0/s1. The number of hydrogen-bond acceptors (Lipinski definition) is 8. The van der Waals surface area contributed by atoms with Gasteiger partial charge in [-0.25, -0.2) is 21.6 Å². The van der Waals surface area contributed by atoms with Crippen molar-refractivity contribution in [2.24, 2.45) is 0 Å². The second-order valence-electron chi connectivity index (χ2n) is 6.15. The molecule has 4 N–H and O–H groups in total. The number of aliphatic hydroxyl groups is 1. The molecular weight excluding hydrogens is 398 g/mol. The van der Waals surface area contributed by atoms with E-state index in [1.807, 2.05) is 0 Å². The average molecular weight is 421 g/mol. The summed E-state index contributed by atoms with van der Waals surface area (Å²) in [6, 6.07) is 3.60. The van der Waals surface area contributed by atoms with Crippen molar-refractivity contribution in [3.05, 3.63) is 18.2 Å². The molecule has 1 aliphatic rings. The quantitative estimate of drug-likeness (QED) is 0.377. The van der Waals surface area contributed by atoms with Gasteiger partial charge in [0.05, 0.1) is 24.7 Å². The zero-order valence-corrected chi connectivity index (χ0v) is 16.6. The lowest BCUT2D eigenvalue weighted by atomic mass is 10.2. The smallest absolute Gasteiger partial charge is 0.244 e. The number of sulfone groups is 1. The van der Waals surface area contributed by atoms with E-state index < -0.39 is 32.0 Å². The second kappa shape index (κ2) is 8.52. The van der Waals surface area contributed by atoms with Gasteiger partial charge in [0.25, 0.3) is 0 Å². The molecule has 27 heavy (non-hydrogen) atoms. The molecule has 1 aliphatic heterocycles.